The molecule has 0 bridgehead atoms. The number of hydrogen-bond acceptors (Lipinski definition) is 3. The highest BCUT2D eigenvalue weighted by Gasteiger charge is 2.17. The molecular formula is C16H19ClN2OS. The first-order chi connectivity index (χ1) is 10.2. The molecule has 0 saturated heterocycles. The van der Waals surface area contributed by atoms with Crippen LogP contribution in [0.3, 0.4) is 0 Å². The molecule has 3 nitrogen and oxygen atoms in total. The van der Waals surface area contributed by atoms with E-state index in [9.17, 15) is 4.79 Å². The summed E-state index contributed by atoms with van der Waals surface area (Å²) in [5.41, 5.74) is 1.71. The molecule has 0 saturated carbocycles. The van der Waals surface area contributed by atoms with Crippen molar-refractivity contribution in [3.05, 3.63) is 46.7 Å². The lowest BCUT2D eigenvalue weighted by molar-refractivity contribution is -0.116. The van der Waals surface area contributed by atoms with Gasteiger partial charge in [-0.25, -0.2) is 0 Å². The number of hydrogen-bond donors (Lipinski definition) is 0. The summed E-state index contributed by atoms with van der Waals surface area (Å²) in [6, 6.07) is 9.94. The second-order valence-corrected chi connectivity index (χ2v) is 6.12. The number of aromatic nitrogens is 2. The fourth-order valence-corrected chi connectivity index (χ4v) is 3.22. The average Bonchev–Trinajstić information content (AvgIpc) is 2.82. The van der Waals surface area contributed by atoms with Crippen LogP contribution in [0.25, 0.3) is 0 Å². The summed E-state index contributed by atoms with van der Waals surface area (Å²) in [5.74, 6) is 0.625. The van der Waals surface area contributed by atoms with Crippen molar-refractivity contribution >= 4 is 29.1 Å². The van der Waals surface area contributed by atoms with Crippen molar-refractivity contribution in [3.8, 4) is 0 Å². The van der Waals surface area contributed by atoms with Crippen molar-refractivity contribution in [1.29, 1.82) is 0 Å². The molecule has 2 aromatic rings. The molecule has 0 radical (unpaired) electrons. The average molecular weight is 323 g/mol. The minimum absolute atomic E-state index is 0.169. The minimum Gasteiger partial charge on any atom is -0.298 e. The van der Waals surface area contributed by atoms with Gasteiger partial charge in [-0.05, 0) is 25.5 Å². The molecule has 0 N–H and O–H groups in total. The lowest BCUT2D eigenvalue weighted by Crippen LogP contribution is -2.11. The lowest BCUT2D eigenvalue weighted by Gasteiger charge is -2.05. The van der Waals surface area contributed by atoms with Gasteiger partial charge in [-0.2, -0.15) is 5.10 Å². The Morgan fingerprint density at radius 2 is 2.00 bits per heavy atom. The maximum Gasteiger partial charge on any atom is 0.149 e. The number of nitrogens with zero attached hydrogens (tertiary/aromatic N) is 2. The number of thioether (sulfide) groups is 1. The van der Waals surface area contributed by atoms with Crippen LogP contribution in [-0.4, -0.2) is 21.3 Å². The number of Topliss-reactive ketones (excluding diaryl/α,β-unsaturated/α-hetero) is 1. The molecule has 21 heavy (non-hydrogen) atoms. The number of carbonyl (C=O) groups excluding carboxylic acids is 1. The van der Waals surface area contributed by atoms with Crippen molar-refractivity contribution in [2.24, 2.45) is 0 Å². The molecule has 0 atom stereocenters. The highest BCUT2D eigenvalue weighted by atomic mass is 35.5. The predicted octanol–water partition coefficient (Wildman–Crippen LogP) is 4.02. The van der Waals surface area contributed by atoms with Crippen molar-refractivity contribution in [3.63, 3.8) is 0 Å². The van der Waals surface area contributed by atoms with Crippen LogP contribution in [-0.2, 0) is 24.2 Å². The van der Waals surface area contributed by atoms with Crippen LogP contribution in [0.15, 0.2) is 35.2 Å². The maximum absolute atomic E-state index is 12.2. The molecule has 0 amide bonds. The smallest absolute Gasteiger partial charge is 0.149 e. The van der Waals surface area contributed by atoms with Gasteiger partial charge in [-0.15, -0.1) is 11.8 Å². The van der Waals surface area contributed by atoms with Gasteiger partial charge in [0.1, 0.15) is 5.78 Å². The van der Waals surface area contributed by atoms with E-state index in [0.29, 0.717) is 17.2 Å². The molecule has 0 spiro atoms. The Labute approximate surface area is 134 Å². The van der Waals surface area contributed by atoms with E-state index in [1.54, 1.807) is 11.8 Å². The topological polar surface area (TPSA) is 34.9 Å². The van der Waals surface area contributed by atoms with E-state index in [0.717, 1.165) is 29.2 Å². The Morgan fingerprint density at radius 3 is 2.62 bits per heavy atom. The molecule has 0 fully saturated rings. The number of carbonyl (C=O) groups is 1. The second-order valence-electron chi connectivity index (χ2n) is 4.69. The highest BCUT2D eigenvalue weighted by molar-refractivity contribution is 8.00. The molecule has 0 unspecified atom stereocenters. The Hall–Kier alpha value is -1.26. The largest absolute Gasteiger partial charge is 0.298 e. The SMILES string of the molecule is CCc1nn(CC)c(CC(=O)CSc2ccccc2)c1Cl. The van der Waals surface area contributed by atoms with Gasteiger partial charge in [-0.3, -0.25) is 9.48 Å². The normalized spacial score (nSPS) is 10.8. The van der Waals surface area contributed by atoms with Gasteiger partial charge < -0.3 is 0 Å². The number of ketones is 1. The monoisotopic (exact) mass is 322 g/mol. The molecule has 1 heterocycles. The Kier molecular flexibility index (Phi) is 5.88. The van der Waals surface area contributed by atoms with Gasteiger partial charge >= 0.3 is 0 Å². The van der Waals surface area contributed by atoms with Gasteiger partial charge in [0.05, 0.1) is 28.6 Å². The first-order valence-electron chi connectivity index (χ1n) is 7.09. The standard InChI is InChI=1S/C16H19ClN2OS/c1-3-14-16(17)15(19(4-2)18-14)10-12(20)11-21-13-8-6-5-7-9-13/h5-9H,3-4,10-11H2,1-2H3. The summed E-state index contributed by atoms with van der Waals surface area (Å²) in [6.07, 6.45) is 1.13. The molecule has 0 aliphatic heterocycles. The van der Waals surface area contributed by atoms with Crippen molar-refractivity contribution in [2.75, 3.05) is 5.75 Å². The zero-order valence-corrected chi connectivity index (χ0v) is 13.9. The van der Waals surface area contributed by atoms with Crippen molar-refractivity contribution in [1.82, 2.24) is 9.78 Å². The second kappa shape index (κ2) is 7.66. The van der Waals surface area contributed by atoms with Gasteiger partial charge in [0.2, 0.25) is 0 Å². The number of aryl methyl sites for hydroxylation is 2. The first-order valence-corrected chi connectivity index (χ1v) is 8.45. The molecule has 0 aliphatic carbocycles. The summed E-state index contributed by atoms with van der Waals surface area (Å²) in [7, 11) is 0. The minimum atomic E-state index is 0.169. The van der Waals surface area contributed by atoms with Crippen molar-refractivity contribution in [2.45, 2.75) is 38.1 Å². The zero-order valence-electron chi connectivity index (χ0n) is 12.3. The van der Waals surface area contributed by atoms with Crippen LogP contribution in [0, 0.1) is 0 Å². The van der Waals surface area contributed by atoms with Crippen LogP contribution in [0.5, 0.6) is 0 Å². The van der Waals surface area contributed by atoms with E-state index in [-0.39, 0.29) is 5.78 Å². The van der Waals surface area contributed by atoms with E-state index in [1.165, 1.54) is 0 Å². The Balaban J connectivity index is 2.01. The molecule has 2 rings (SSSR count). The van der Waals surface area contributed by atoms with Crippen LogP contribution in [0.2, 0.25) is 5.02 Å². The number of benzene rings is 1. The molecule has 5 heteroatoms. The predicted molar refractivity (Wildman–Crippen MR) is 88.2 cm³/mol. The van der Waals surface area contributed by atoms with Crippen LogP contribution < -0.4 is 0 Å². The van der Waals surface area contributed by atoms with Gasteiger partial charge in [0.15, 0.2) is 0 Å². The quantitative estimate of drug-likeness (QED) is 0.722. The summed E-state index contributed by atoms with van der Waals surface area (Å²) in [6.45, 7) is 4.76. The molecule has 112 valence electrons. The summed E-state index contributed by atoms with van der Waals surface area (Å²) < 4.78 is 1.84. The summed E-state index contributed by atoms with van der Waals surface area (Å²) in [4.78, 5) is 13.3. The third-order valence-corrected chi connectivity index (χ3v) is 4.71. The van der Waals surface area contributed by atoms with Crippen molar-refractivity contribution < 1.29 is 4.79 Å². The summed E-state index contributed by atoms with van der Waals surface area (Å²) in [5, 5.41) is 5.09. The van der Waals surface area contributed by atoms with Gasteiger partial charge in [0.25, 0.3) is 0 Å². The molecule has 1 aromatic carbocycles. The molecule has 0 aliphatic rings. The van der Waals surface area contributed by atoms with E-state index in [2.05, 4.69) is 5.10 Å². The van der Waals surface area contributed by atoms with E-state index in [1.807, 2.05) is 48.9 Å². The van der Waals surface area contributed by atoms with E-state index >= 15 is 0 Å². The van der Waals surface area contributed by atoms with Crippen LogP contribution in [0.4, 0.5) is 0 Å². The van der Waals surface area contributed by atoms with Gasteiger partial charge in [0, 0.05) is 11.4 Å². The Morgan fingerprint density at radius 1 is 1.29 bits per heavy atom. The lowest BCUT2D eigenvalue weighted by atomic mass is 10.2. The fraction of sp³-hybridized carbons (Fsp3) is 0.375. The van der Waals surface area contributed by atoms with E-state index in [4.69, 9.17) is 11.6 Å². The molecular weight excluding hydrogens is 304 g/mol. The van der Waals surface area contributed by atoms with Crippen LogP contribution in [0.1, 0.15) is 25.2 Å². The first kappa shape index (κ1) is 16.1. The van der Waals surface area contributed by atoms with Crippen LogP contribution >= 0.6 is 23.4 Å². The highest BCUT2D eigenvalue weighted by Crippen LogP contribution is 2.23. The van der Waals surface area contributed by atoms with Gasteiger partial charge in [-0.1, -0.05) is 36.7 Å². The molecule has 1 aromatic heterocycles. The third kappa shape index (κ3) is 4.11. The maximum atomic E-state index is 12.2. The fourth-order valence-electron chi connectivity index (χ4n) is 2.10. The third-order valence-electron chi connectivity index (χ3n) is 3.20. The summed E-state index contributed by atoms with van der Waals surface area (Å²) >= 11 is 7.88. The van der Waals surface area contributed by atoms with E-state index < -0.39 is 0 Å². The number of rotatable bonds is 7. The zero-order chi connectivity index (χ0) is 15.2. The Bertz CT molecular complexity index is 610. The number of halogens is 1.